The topological polar surface area (TPSA) is 43.7 Å². The monoisotopic (exact) mass is 231 g/mol. The highest BCUT2D eigenvalue weighted by atomic mass is 19.1. The molecule has 16 heavy (non-hydrogen) atoms. The first-order chi connectivity index (χ1) is 7.69. The zero-order valence-electron chi connectivity index (χ0n) is 8.87. The average Bonchev–Trinajstić information content (AvgIpc) is 2.24. The SMILES string of the molecule is OCCN(CCO)Cc1c(F)cccc1F. The number of aliphatic hydroxyl groups is 2. The molecule has 0 aromatic heterocycles. The van der Waals surface area contributed by atoms with Crippen molar-refractivity contribution in [3.05, 3.63) is 35.4 Å². The second-order valence-corrected chi connectivity index (χ2v) is 3.42. The molecule has 0 heterocycles. The predicted octanol–water partition coefficient (Wildman–Crippen LogP) is 0.751. The van der Waals surface area contributed by atoms with Gasteiger partial charge in [-0.05, 0) is 12.1 Å². The summed E-state index contributed by atoms with van der Waals surface area (Å²) in [6.45, 7) is 0.356. The van der Waals surface area contributed by atoms with E-state index in [0.29, 0.717) is 0 Å². The van der Waals surface area contributed by atoms with Crippen molar-refractivity contribution in [1.82, 2.24) is 4.90 Å². The van der Waals surface area contributed by atoms with Gasteiger partial charge in [0.2, 0.25) is 0 Å². The van der Waals surface area contributed by atoms with E-state index in [-0.39, 0.29) is 38.4 Å². The third kappa shape index (κ3) is 3.52. The number of aliphatic hydroxyl groups excluding tert-OH is 2. The first kappa shape index (κ1) is 13.0. The number of benzene rings is 1. The molecule has 0 radical (unpaired) electrons. The Bertz CT molecular complexity index is 308. The zero-order chi connectivity index (χ0) is 12.0. The van der Waals surface area contributed by atoms with E-state index in [0.717, 1.165) is 0 Å². The first-order valence-electron chi connectivity index (χ1n) is 5.06. The fraction of sp³-hybridized carbons (Fsp3) is 0.455. The molecule has 0 unspecified atom stereocenters. The summed E-state index contributed by atoms with van der Waals surface area (Å²) >= 11 is 0. The van der Waals surface area contributed by atoms with Gasteiger partial charge >= 0.3 is 0 Å². The van der Waals surface area contributed by atoms with Gasteiger partial charge in [-0.25, -0.2) is 8.78 Å². The molecule has 0 fully saturated rings. The minimum atomic E-state index is -0.610. The third-order valence-corrected chi connectivity index (χ3v) is 2.28. The van der Waals surface area contributed by atoms with Crippen molar-refractivity contribution < 1.29 is 19.0 Å². The highest BCUT2D eigenvalue weighted by Gasteiger charge is 2.12. The van der Waals surface area contributed by atoms with Crippen LogP contribution in [0.25, 0.3) is 0 Å². The van der Waals surface area contributed by atoms with Crippen molar-refractivity contribution in [2.75, 3.05) is 26.3 Å². The maximum Gasteiger partial charge on any atom is 0.130 e. The van der Waals surface area contributed by atoms with Gasteiger partial charge in [-0.15, -0.1) is 0 Å². The molecule has 0 bridgehead atoms. The molecule has 5 heteroatoms. The van der Waals surface area contributed by atoms with Gasteiger partial charge in [-0.1, -0.05) is 6.07 Å². The lowest BCUT2D eigenvalue weighted by Gasteiger charge is -2.20. The van der Waals surface area contributed by atoms with Crippen LogP contribution in [-0.4, -0.2) is 41.4 Å². The molecule has 0 saturated heterocycles. The van der Waals surface area contributed by atoms with Crippen molar-refractivity contribution in [2.45, 2.75) is 6.54 Å². The van der Waals surface area contributed by atoms with Gasteiger partial charge in [0.15, 0.2) is 0 Å². The molecule has 1 rings (SSSR count). The number of hydrogen-bond donors (Lipinski definition) is 2. The number of nitrogens with zero attached hydrogens (tertiary/aromatic N) is 1. The average molecular weight is 231 g/mol. The lowest BCUT2D eigenvalue weighted by Crippen LogP contribution is -2.30. The van der Waals surface area contributed by atoms with E-state index in [4.69, 9.17) is 10.2 Å². The molecule has 0 spiro atoms. The van der Waals surface area contributed by atoms with Crippen LogP contribution >= 0.6 is 0 Å². The van der Waals surface area contributed by atoms with Crippen molar-refractivity contribution in [2.24, 2.45) is 0 Å². The first-order valence-corrected chi connectivity index (χ1v) is 5.06. The number of halogens is 2. The standard InChI is InChI=1S/C11H15F2NO2/c12-10-2-1-3-11(13)9(10)8-14(4-6-15)5-7-16/h1-3,15-16H,4-8H2. The predicted molar refractivity (Wildman–Crippen MR) is 55.8 cm³/mol. The molecule has 3 nitrogen and oxygen atoms in total. The molecule has 2 N–H and O–H groups in total. The van der Waals surface area contributed by atoms with Gasteiger partial charge in [0.05, 0.1) is 13.2 Å². The Morgan fingerprint density at radius 2 is 1.50 bits per heavy atom. The lowest BCUT2D eigenvalue weighted by atomic mass is 10.2. The summed E-state index contributed by atoms with van der Waals surface area (Å²) in [4.78, 5) is 1.58. The molecule has 0 amide bonds. The van der Waals surface area contributed by atoms with Crippen molar-refractivity contribution in [3.8, 4) is 0 Å². The van der Waals surface area contributed by atoms with Crippen molar-refractivity contribution in [1.29, 1.82) is 0 Å². The highest BCUT2D eigenvalue weighted by molar-refractivity contribution is 5.19. The molecule has 0 saturated carbocycles. The van der Waals surface area contributed by atoms with E-state index in [9.17, 15) is 8.78 Å². The highest BCUT2D eigenvalue weighted by Crippen LogP contribution is 2.14. The molecular formula is C11H15F2NO2. The van der Waals surface area contributed by atoms with Gasteiger partial charge in [-0.2, -0.15) is 0 Å². The lowest BCUT2D eigenvalue weighted by molar-refractivity contribution is 0.153. The second-order valence-electron chi connectivity index (χ2n) is 3.42. The van der Waals surface area contributed by atoms with Crippen LogP contribution < -0.4 is 0 Å². The van der Waals surface area contributed by atoms with Gasteiger partial charge in [0.25, 0.3) is 0 Å². The van der Waals surface area contributed by atoms with Gasteiger partial charge in [0, 0.05) is 25.2 Å². The molecule has 1 aromatic rings. The van der Waals surface area contributed by atoms with Crippen LogP contribution in [0.3, 0.4) is 0 Å². The van der Waals surface area contributed by atoms with Crippen LogP contribution in [0, 0.1) is 11.6 Å². The maximum absolute atomic E-state index is 13.3. The smallest absolute Gasteiger partial charge is 0.130 e. The van der Waals surface area contributed by atoms with Crippen molar-refractivity contribution in [3.63, 3.8) is 0 Å². The quantitative estimate of drug-likeness (QED) is 0.759. The van der Waals surface area contributed by atoms with Crippen molar-refractivity contribution >= 4 is 0 Å². The molecule has 1 aromatic carbocycles. The van der Waals surface area contributed by atoms with E-state index in [1.165, 1.54) is 18.2 Å². The van der Waals surface area contributed by atoms with Crippen LogP contribution in [0.5, 0.6) is 0 Å². The summed E-state index contributed by atoms with van der Waals surface area (Å²) in [5.74, 6) is -1.22. The van der Waals surface area contributed by atoms with E-state index in [2.05, 4.69) is 0 Å². The van der Waals surface area contributed by atoms with E-state index in [1.54, 1.807) is 4.90 Å². The largest absolute Gasteiger partial charge is 0.395 e. The summed E-state index contributed by atoms with van der Waals surface area (Å²) in [6, 6.07) is 3.68. The Labute approximate surface area is 92.9 Å². The minimum Gasteiger partial charge on any atom is -0.395 e. The fourth-order valence-electron chi connectivity index (χ4n) is 1.46. The number of hydrogen-bond acceptors (Lipinski definition) is 3. The van der Waals surface area contributed by atoms with Gasteiger partial charge in [0.1, 0.15) is 11.6 Å². The van der Waals surface area contributed by atoms with E-state index in [1.807, 2.05) is 0 Å². The van der Waals surface area contributed by atoms with Crippen LogP contribution in [0.1, 0.15) is 5.56 Å². The Balaban J connectivity index is 2.76. The molecule has 0 aliphatic rings. The summed E-state index contributed by atoms with van der Waals surface area (Å²) < 4.78 is 26.6. The third-order valence-electron chi connectivity index (χ3n) is 2.28. The summed E-state index contributed by atoms with van der Waals surface area (Å²) in [7, 11) is 0. The maximum atomic E-state index is 13.3. The molecule has 90 valence electrons. The normalized spacial score (nSPS) is 11.1. The Hall–Kier alpha value is -1.04. The minimum absolute atomic E-state index is 0.0376. The fourth-order valence-corrected chi connectivity index (χ4v) is 1.46. The molecule has 0 aliphatic heterocycles. The summed E-state index contributed by atoms with van der Waals surface area (Å²) in [5.41, 5.74) is -0.0376. The zero-order valence-corrected chi connectivity index (χ0v) is 8.87. The van der Waals surface area contributed by atoms with Gasteiger partial charge in [-0.3, -0.25) is 4.90 Å². The van der Waals surface area contributed by atoms with Crippen LogP contribution in [0.4, 0.5) is 8.78 Å². The molecular weight excluding hydrogens is 216 g/mol. The summed E-state index contributed by atoms with van der Waals surface area (Å²) in [5, 5.41) is 17.5. The molecule has 0 aliphatic carbocycles. The molecule has 0 atom stereocenters. The van der Waals surface area contributed by atoms with E-state index < -0.39 is 11.6 Å². The Kier molecular flexibility index (Phi) is 5.31. The number of rotatable bonds is 6. The van der Waals surface area contributed by atoms with E-state index >= 15 is 0 Å². The Morgan fingerprint density at radius 1 is 1.00 bits per heavy atom. The van der Waals surface area contributed by atoms with Crippen LogP contribution in [-0.2, 0) is 6.54 Å². The second kappa shape index (κ2) is 6.52. The van der Waals surface area contributed by atoms with Gasteiger partial charge < -0.3 is 10.2 Å². The Morgan fingerprint density at radius 3 is 1.94 bits per heavy atom. The van der Waals surface area contributed by atoms with Crippen LogP contribution in [0.15, 0.2) is 18.2 Å². The van der Waals surface area contributed by atoms with Crippen LogP contribution in [0.2, 0.25) is 0 Å². The summed E-state index contributed by atoms with van der Waals surface area (Å²) in [6.07, 6.45) is 0.